The Morgan fingerprint density at radius 1 is 1.08 bits per heavy atom. The minimum Gasteiger partial charge on any atom is -0.384 e. The van der Waals surface area contributed by atoms with Crippen molar-refractivity contribution in [3.63, 3.8) is 0 Å². The number of ketones is 1. The lowest BCUT2D eigenvalue weighted by atomic mass is 9.96. The SMILES string of the molecule is O=C1CC=Cc2nc3ccccc3c(NCCC3=CCCC=C3)c21. The number of carbonyl (C=O) groups is 1. The second kappa shape index (κ2) is 6.44. The zero-order valence-corrected chi connectivity index (χ0v) is 13.6. The molecule has 3 nitrogen and oxygen atoms in total. The van der Waals surface area contributed by atoms with Gasteiger partial charge in [-0.1, -0.05) is 48.1 Å². The van der Waals surface area contributed by atoms with E-state index in [-0.39, 0.29) is 5.78 Å². The average Bonchev–Trinajstić information content (AvgIpc) is 2.62. The number of Topliss-reactive ketones (excluding diaryl/α,β-unsaturated/α-hetero) is 1. The smallest absolute Gasteiger partial charge is 0.170 e. The lowest BCUT2D eigenvalue weighted by Gasteiger charge is -2.18. The monoisotopic (exact) mass is 316 g/mol. The summed E-state index contributed by atoms with van der Waals surface area (Å²) < 4.78 is 0. The van der Waals surface area contributed by atoms with Crippen molar-refractivity contribution in [1.82, 2.24) is 4.98 Å². The molecule has 0 unspecified atom stereocenters. The molecule has 2 aliphatic rings. The van der Waals surface area contributed by atoms with Gasteiger partial charge in [-0.25, -0.2) is 4.98 Å². The Kier molecular flexibility index (Phi) is 3.99. The average molecular weight is 316 g/mol. The predicted molar refractivity (Wildman–Crippen MR) is 99.3 cm³/mol. The van der Waals surface area contributed by atoms with E-state index in [4.69, 9.17) is 0 Å². The fourth-order valence-electron chi connectivity index (χ4n) is 3.38. The maximum Gasteiger partial charge on any atom is 0.170 e. The van der Waals surface area contributed by atoms with Gasteiger partial charge < -0.3 is 5.32 Å². The Balaban J connectivity index is 1.69. The van der Waals surface area contributed by atoms with E-state index in [1.807, 2.05) is 36.4 Å². The van der Waals surface area contributed by atoms with Gasteiger partial charge in [0.1, 0.15) is 0 Å². The van der Waals surface area contributed by atoms with Crippen LogP contribution in [0.25, 0.3) is 17.0 Å². The van der Waals surface area contributed by atoms with Crippen LogP contribution in [0, 0.1) is 0 Å². The van der Waals surface area contributed by atoms with Crippen molar-refractivity contribution in [1.29, 1.82) is 0 Å². The molecule has 4 rings (SSSR count). The summed E-state index contributed by atoms with van der Waals surface area (Å²) in [7, 11) is 0. The molecule has 3 heteroatoms. The molecule has 0 saturated heterocycles. The Morgan fingerprint density at radius 3 is 2.88 bits per heavy atom. The number of fused-ring (bicyclic) bond motifs is 2. The minimum atomic E-state index is 0.144. The fourth-order valence-corrected chi connectivity index (χ4v) is 3.38. The third-order valence-electron chi connectivity index (χ3n) is 4.57. The highest BCUT2D eigenvalue weighted by atomic mass is 16.1. The van der Waals surface area contributed by atoms with E-state index < -0.39 is 0 Å². The molecular weight excluding hydrogens is 296 g/mol. The number of anilines is 1. The number of aromatic nitrogens is 1. The van der Waals surface area contributed by atoms with Crippen molar-refractivity contribution in [2.75, 3.05) is 11.9 Å². The topological polar surface area (TPSA) is 42.0 Å². The number of nitrogens with zero attached hydrogens (tertiary/aromatic N) is 1. The predicted octanol–water partition coefficient (Wildman–Crippen LogP) is 4.91. The van der Waals surface area contributed by atoms with E-state index in [1.165, 1.54) is 5.57 Å². The van der Waals surface area contributed by atoms with E-state index in [0.29, 0.717) is 6.42 Å². The van der Waals surface area contributed by atoms with Gasteiger partial charge >= 0.3 is 0 Å². The first kappa shape index (κ1) is 14.9. The second-order valence-electron chi connectivity index (χ2n) is 6.23. The van der Waals surface area contributed by atoms with Crippen LogP contribution in [0.3, 0.4) is 0 Å². The highest BCUT2D eigenvalue weighted by Gasteiger charge is 2.21. The summed E-state index contributed by atoms with van der Waals surface area (Å²) in [5, 5.41) is 4.55. The molecule has 1 aromatic carbocycles. The van der Waals surface area contributed by atoms with E-state index in [1.54, 1.807) is 0 Å². The summed E-state index contributed by atoms with van der Waals surface area (Å²) in [6.45, 7) is 0.813. The van der Waals surface area contributed by atoms with Crippen molar-refractivity contribution >= 4 is 28.4 Å². The Morgan fingerprint density at radius 2 is 2.00 bits per heavy atom. The van der Waals surface area contributed by atoms with Crippen molar-refractivity contribution in [2.45, 2.75) is 25.7 Å². The molecule has 0 bridgehead atoms. The minimum absolute atomic E-state index is 0.144. The first-order valence-corrected chi connectivity index (χ1v) is 8.55. The lowest BCUT2D eigenvalue weighted by molar-refractivity contribution is 0.0995. The number of hydrogen-bond acceptors (Lipinski definition) is 3. The van der Waals surface area contributed by atoms with Gasteiger partial charge in [-0.2, -0.15) is 0 Å². The molecule has 2 aliphatic carbocycles. The third-order valence-corrected chi connectivity index (χ3v) is 4.57. The van der Waals surface area contributed by atoms with Gasteiger partial charge in [0, 0.05) is 18.4 Å². The molecule has 0 radical (unpaired) electrons. The highest BCUT2D eigenvalue weighted by Crippen LogP contribution is 2.32. The van der Waals surface area contributed by atoms with Gasteiger partial charge in [-0.15, -0.1) is 0 Å². The van der Waals surface area contributed by atoms with Crippen LogP contribution in [0.5, 0.6) is 0 Å². The molecular formula is C21H20N2O. The molecule has 0 aliphatic heterocycles. The zero-order valence-electron chi connectivity index (χ0n) is 13.6. The largest absolute Gasteiger partial charge is 0.384 e. The lowest BCUT2D eigenvalue weighted by Crippen LogP contribution is -2.13. The van der Waals surface area contributed by atoms with Gasteiger partial charge in [0.15, 0.2) is 5.78 Å². The maximum absolute atomic E-state index is 12.5. The maximum atomic E-state index is 12.5. The van der Waals surface area contributed by atoms with E-state index in [9.17, 15) is 4.79 Å². The van der Waals surface area contributed by atoms with E-state index >= 15 is 0 Å². The summed E-state index contributed by atoms with van der Waals surface area (Å²) in [5.74, 6) is 0.144. The summed E-state index contributed by atoms with van der Waals surface area (Å²) in [6.07, 6.45) is 14.3. The summed E-state index contributed by atoms with van der Waals surface area (Å²) in [5.41, 5.74) is 4.75. The molecule has 0 amide bonds. The van der Waals surface area contributed by atoms with E-state index in [0.717, 1.165) is 53.7 Å². The van der Waals surface area contributed by atoms with Crippen LogP contribution in [-0.2, 0) is 0 Å². The van der Waals surface area contributed by atoms with Crippen LogP contribution in [-0.4, -0.2) is 17.3 Å². The molecule has 0 spiro atoms. The number of carbonyl (C=O) groups excluding carboxylic acids is 1. The molecule has 0 atom stereocenters. The molecule has 0 saturated carbocycles. The van der Waals surface area contributed by atoms with Gasteiger partial charge in [0.2, 0.25) is 0 Å². The Bertz CT molecular complexity index is 890. The van der Waals surface area contributed by atoms with Gasteiger partial charge in [0.05, 0.1) is 22.5 Å². The number of benzene rings is 1. The zero-order chi connectivity index (χ0) is 16.4. The number of nitrogens with one attached hydrogen (secondary N) is 1. The molecule has 24 heavy (non-hydrogen) atoms. The Labute approximate surface area is 141 Å². The fraction of sp³-hybridized carbons (Fsp3) is 0.238. The number of rotatable bonds is 4. The van der Waals surface area contributed by atoms with Crippen LogP contribution >= 0.6 is 0 Å². The highest BCUT2D eigenvalue weighted by molar-refractivity contribution is 6.12. The van der Waals surface area contributed by atoms with Crippen molar-refractivity contribution in [3.8, 4) is 0 Å². The van der Waals surface area contributed by atoms with Crippen LogP contribution < -0.4 is 5.32 Å². The van der Waals surface area contributed by atoms with E-state index in [2.05, 4.69) is 28.5 Å². The Hall–Kier alpha value is -2.68. The number of para-hydroxylation sites is 1. The summed E-state index contributed by atoms with van der Waals surface area (Å²) in [6, 6.07) is 8.02. The molecule has 120 valence electrons. The molecule has 0 fully saturated rings. The van der Waals surface area contributed by atoms with Gasteiger partial charge in [-0.05, 0) is 31.4 Å². The third kappa shape index (κ3) is 2.78. The van der Waals surface area contributed by atoms with Crippen molar-refractivity contribution in [2.24, 2.45) is 0 Å². The van der Waals surface area contributed by atoms with Crippen LogP contribution in [0.4, 0.5) is 5.69 Å². The summed E-state index contributed by atoms with van der Waals surface area (Å²) >= 11 is 0. The second-order valence-corrected chi connectivity index (χ2v) is 6.23. The standard InChI is InChI=1S/C21H20N2O/c24-19-12-6-11-18-20(19)21(16-9-4-5-10-17(16)23-18)22-14-13-15-7-2-1-3-8-15/h2,4-11H,1,3,12-14H2,(H,22,23). The number of allylic oxidation sites excluding steroid dienone is 4. The van der Waals surface area contributed by atoms with Crippen molar-refractivity contribution in [3.05, 3.63) is 65.4 Å². The van der Waals surface area contributed by atoms with Crippen LogP contribution in [0.1, 0.15) is 41.7 Å². The van der Waals surface area contributed by atoms with Gasteiger partial charge in [0.25, 0.3) is 0 Å². The van der Waals surface area contributed by atoms with Crippen LogP contribution in [0.15, 0.2) is 54.1 Å². The van der Waals surface area contributed by atoms with Gasteiger partial charge in [-0.3, -0.25) is 4.79 Å². The first-order chi connectivity index (χ1) is 11.8. The molecule has 1 heterocycles. The van der Waals surface area contributed by atoms with Crippen LogP contribution in [0.2, 0.25) is 0 Å². The molecule has 1 aromatic heterocycles. The number of pyridine rings is 1. The summed E-state index contributed by atoms with van der Waals surface area (Å²) in [4.78, 5) is 17.1. The normalized spacial score (nSPS) is 16.2. The number of hydrogen-bond donors (Lipinski definition) is 1. The molecule has 2 aromatic rings. The van der Waals surface area contributed by atoms with Crippen molar-refractivity contribution < 1.29 is 4.79 Å². The molecule has 1 N–H and O–H groups in total. The first-order valence-electron chi connectivity index (χ1n) is 8.55. The quantitative estimate of drug-likeness (QED) is 0.871.